The average molecular weight is 243 g/mol. The zero-order valence-corrected chi connectivity index (χ0v) is 9.87. The molecule has 3 N–H and O–H groups in total. The molecule has 2 aromatic heterocycles. The number of anilines is 2. The van der Waals surface area contributed by atoms with E-state index in [-0.39, 0.29) is 5.91 Å². The lowest BCUT2D eigenvalue weighted by atomic mass is 10.2. The highest BCUT2D eigenvalue weighted by atomic mass is 16.2. The van der Waals surface area contributed by atoms with Gasteiger partial charge in [-0.15, -0.1) is 0 Å². The van der Waals surface area contributed by atoms with Crippen molar-refractivity contribution in [1.82, 2.24) is 9.97 Å². The molecule has 92 valence electrons. The van der Waals surface area contributed by atoms with Crippen molar-refractivity contribution in [2.45, 2.75) is 0 Å². The van der Waals surface area contributed by atoms with Crippen LogP contribution < -0.4 is 16.2 Å². The molecule has 0 radical (unpaired) electrons. The zero-order valence-electron chi connectivity index (χ0n) is 9.87. The van der Waals surface area contributed by atoms with Crippen LogP contribution in [0.25, 0.3) is 0 Å². The minimum absolute atomic E-state index is 0.176. The van der Waals surface area contributed by atoms with Crippen molar-refractivity contribution in [2.75, 3.05) is 17.4 Å². The van der Waals surface area contributed by atoms with E-state index in [1.807, 2.05) is 6.07 Å². The Hall–Kier alpha value is -2.47. The van der Waals surface area contributed by atoms with Crippen LogP contribution in [0.1, 0.15) is 10.4 Å². The average Bonchev–Trinajstić information content (AvgIpc) is 2.47. The van der Waals surface area contributed by atoms with Gasteiger partial charge in [-0.25, -0.2) is 15.8 Å². The van der Waals surface area contributed by atoms with Crippen LogP contribution in [0, 0.1) is 0 Å². The predicted octanol–water partition coefficient (Wildman–Crippen LogP) is 1.04. The topological polar surface area (TPSA) is 84.1 Å². The smallest absolute Gasteiger partial charge is 0.260 e. The largest absolute Gasteiger partial charge is 0.308 e. The molecular weight excluding hydrogens is 230 g/mol. The third kappa shape index (κ3) is 2.44. The number of hydrazine groups is 1. The maximum Gasteiger partial charge on any atom is 0.260 e. The van der Waals surface area contributed by atoms with E-state index >= 15 is 0 Å². The maximum absolute atomic E-state index is 12.1. The highest BCUT2D eigenvalue weighted by Crippen LogP contribution is 2.12. The van der Waals surface area contributed by atoms with Crippen molar-refractivity contribution in [1.29, 1.82) is 0 Å². The molecule has 18 heavy (non-hydrogen) atoms. The fraction of sp³-hybridized carbons (Fsp3) is 0.0833. The SMILES string of the molecule is CN(C(=O)c1ccc(NN)nc1)c1ccccn1. The van der Waals surface area contributed by atoms with Crippen LogP contribution in [-0.2, 0) is 0 Å². The first kappa shape index (κ1) is 12.0. The summed E-state index contributed by atoms with van der Waals surface area (Å²) in [7, 11) is 1.67. The summed E-state index contributed by atoms with van der Waals surface area (Å²) in [6.45, 7) is 0. The van der Waals surface area contributed by atoms with Crippen LogP contribution in [0.2, 0.25) is 0 Å². The summed E-state index contributed by atoms with van der Waals surface area (Å²) in [5.74, 6) is 6.13. The molecule has 0 bridgehead atoms. The first-order chi connectivity index (χ1) is 8.72. The second-order valence-electron chi connectivity index (χ2n) is 3.63. The van der Waals surface area contributed by atoms with Gasteiger partial charge in [0, 0.05) is 19.4 Å². The molecular formula is C12H13N5O. The van der Waals surface area contributed by atoms with Crippen LogP contribution in [0.4, 0.5) is 11.6 Å². The molecule has 6 nitrogen and oxygen atoms in total. The lowest BCUT2D eigenvalue weighted by Crippen LogP contribution is -2.27. The van der Waals surface area contributed by atoms with Gasteiger partial charge < -0.3 is 5.43 Å². The van der Waals surface area contributed by atoms with Crippen molar-refractivity contribution in [2.24, 2.45) is 5.84 Å². The van der Waals surface area contributed by atoms with E-state index in [0.717, 1.165) is 0 Å². The number of amides is 1. The summed E-state index contributed by atoms with van der Waals surface area (Å²) in [6.07, 6.45) is 3.11. The van der Waals surface area contributed by atoms with E-state index in [1.54, 1.807) is 37.5 Å². The molecule has 0 aliphatic heterocycles. The molecule has 2 rings (SSSR count). The number of nitrogens with one attached hydrogen (secondary N) is 1. The molecule has 0 aliphatic rings. The summed E-state index contributed by atoms with van der Waals surface area (Å²) >= 11 is 0. The number of carbonyl (C=O) groups is 1. The van der Waals surface area contributed by atoms with E-state index in [0.29, 0.717) is 17.2 Å². The van der Waals surface area contributed by atoms with Crippen molar-refractivity contribution in [3.8, 4) is 0 Å². The van der Waals surface area contributed by atoms with E-state index in [2.05, 4.69) is 15.4 Å². The quantitative estimate of drug-likeness (QED) is 0.621. The first-order valence-corrected chi connectivity index (χ1v) is 5.34. The molecule has 0 spiro atoms. The van der Waals surface area contributed by atoms with Gasteiger partial charge in [0.2, 0.25) is 0 Å². The fourth-order valence-corrected chi connectivity index (χ4v) is 1.46. The molecule has 0 unspecified atom stereocenters. The first-order valence-electron chi connectivity index (χ1n) is 5.34. The minimum Gasteiger partial charge on any atom is -0.308 e. The summed E-state index contributed by atoms with van der Waals surface area (Å²) in [5, 5.41) is 0. The van der Waals surface area contributed by atoms with Crippen LogP contribution in [0.5, 0.6) is 0 Å². The molecule has 0 saturated heterocycles. The number of hydrogen-bond acceptors (Lipinski definition) is 5. The molecule has 0 saturated carbocycles. The van der Waals surface area contributed by atoms with Gasteiger partial charge in [-0.1, -0.05) is 6.07 Å². The Labute approximate surface area is 104 Å². The fourth-order valence-electron chi connectivity index (χ4n) is 1.46. The summed E-state index contributed by atoms with van der Waals surface area (Å²) < 4.78 is 0. The molecule has 0 atom stereocenters. The number of hydrogen-bond donors (Lipinski definition) is 2. The van der Waals surface area contributed by atoms with Gasteiger partial charge in [0.05, 0.1) is 5.56 Å². The second kappa shape index (κ2) is 5.24. The Morgan fingerprint density at radius 2 is 2.11 bits per heavy atom. The number of pyridine rings is 2. The van der Waals surface area contributed by atoms with Crippen LogP contribution >= 0.6 is 0 Å². The standard InChI is InChI=1S/C12H13N5O/c1-17(11-4-2-3-7-14-11)12(18)9-5-6-10(16-13)15-8-9/h2-8H,13H2,1H3,(H,15,16). The Kier molecular flexibility index (Phi) is 3.49. The van der Waals surface area contributed by atoms with Crippen molar-refractivity contribution < 1.29 is 4.79 Å². The normalized spacial score (nSPS) is 9.89. The highest BCUT2D eigenvalue weighted by molar-refractivity contribution is 6.05. The third-order valence-electron chi connectivity index (χ3n) is 2.46. The van der Waals surface area contributed by atoms with Crippen molar-refractivity contribution >= 4 is 17.5 Å². The molecule has 2 heterocycles. The minimum atomic E-state index is -0.176. The lowest BCUT2D eigenvalue weighted by molar-refractivity contribution is 0.0992. The lowest BCUT2D eigenvalue weighted by Gasteiger charge is -2.15. The number of nitrogens with two attached hydrogens (primary N) is 1. The van der Waals surface area contributed by atoms with E-state index < -0.39 is 0 Å². The highest BCUT2D eigenvalue weighted by Gasteiger charge is 2.14. The Bertz CT molecular complexity index is 526. The summed E-state index contributed by atoms with van der Waals surface area (Å²) in [6, 6.07) is 8.68. The number of aromatic nitrogens is 2. The maximum atomic E-state index is 12.1. The van der Waals surface area contributed by atoms with E-state index in [4.69, 9.17) is 5.84 Å². The van der Waals surface area contributed by atoms with Gasteiger partial charge in [0.25, 0.3) is 5.91 Å². The number of carbonyl (C=O) groups excluding carboxylic acids is 1. The molecule has 6 heteroatoms. The van der Waals surface area contributed by atoms with Gasteiger partial charge >= 0.3 is 0 Å². The van der Waals surface area contributed by atoms with E-state index in [9.17, 15) is 4.79 Å². The Morgan fingerprint density at radius 1 is 1.28 bits per heavy atom. The van der Waals surface area contributed by atoms with Gasteiger partial charge in [-0.2, -0.15) is 0 Å². The van der Waals surface area contributed by atoms with E-state index in [1.165, 1.54) is 11.1 Å². The third-order valence-corrected chi connectivity index (χ3v) is 2.46. The van der Waals surface area contributed by atoms with Crippen LogP contribution in [0.15, 0.2) is 42.7 Å². The van der Waals surface area contributed by atoms with Crippen LogP contribution in [0.3, 0.4) is 0 Å². The zero-order chi connectivity index (χ0) is 13.0. The summed E-state index contributed by atoms with van der Waals surface area (Å²) in [4.78, 5) is 21.7. The monoisotopic (exact) mass is 243 g/mol. The summed E-state index contributed by atoms with van der Waals surface area (Å²) in [5.41, 5.74) is 2.88. The second-order valence-corrected chi connectivity index (χ2v) is 3.63. The molecule has 0 aliphatic carbocycles. The van der Waals surface area contributed by atoms with Gasteiger partial charge in [0.15, 0.2) is 0 Å². The molecule has 0 fully saturated rings. The number of nitrogen functional groups attached to an aromatic ring is 1. The predicted molar refractivity (Wildman–Crippen MR) is 69.0 cm³/mol. The molecule has 2 aromatic rings. The Morgan fingerprint density at radius 3 is 2.67 bits per heavy atom. The molecule has 0 aromatic carbocycles. The molecule has 1 amide bonds. The van der Waals surface area contributed by atoms with Gasteiger partial charge in [0.1, 0.15) is 11.6 Å². The number of nitrogens with zero attached hydrogens (tertiary/aromatic N) is 3. The Balaban J connectivity index is 2.20. The van der Waals surface area contributed by atoms with Crippen LogP contribution in [-0.4, -0.2) is 22.9 Å². The number of rotatable bonds is 3. The van der Waals surface area contributed by atoms with Crippen molar-refractivity contribution in [3.05, 3.63) is 48.3 Å². The van der Waals surface area contributed by atoms with Gasteiger partial charge in [-0.05, 0) is 24.3 Å². The van der Waals surface area contributed by atoms with Gasteiger partial charge in [-0.3, -0.25) is 9.69 Å². The van der Waals surface area contributed by atoms with Crippen molar-refractivity contribution in [3.63, 3.8) is 0 Å².